The van der Waals surface area contributed by atoms with Gasteiger partial charge in [0.05, 0.1) is 11.2 Å². The smallest absolute Gasteiger partial charge is 0.0940 e. The van der Waals surface area contributed by atoms with Crippen molar-refractivity contribution in [1.29, 1.82) is 0 Å². The number of rotatable bonds is 5. The van der Waals surface area contributed by atoms with E-state index in [1.54, 1.807) is 11.3 Å². The molecule has 0 fully saturated rings. The van der Waals surface area contributed by atoms with E-state index < -0.39 is 0 Å². The quantitative estimate of drug-likeness (QED) is 0.823. The Labute approximate surface area is 106 Å². The summed E-state index contributed by atoms with van der Waals surface area (Å²) >= 11 is 1.74. The minimum Gasteiger partial charge on any atom is -0.312 e. The Balaban J connectivity index is 1.75. The van der Waals surface area contributed by atoms with Crippen molar-refractivity contribution in [2.75, 3.05) is 6.54 Å². The number of hydrogen-bond acceptors (Lipinski definition) is 4. The van der Waals surface area contributed by atoms with Crippen LogP contribution in [0.15, 0.2) is 11.6 Å². The van der Waals surface area contributed by atoms with Crippen LogP contribution in [0.5, 0.6) is 0 Å². The fourth-order valence-corrected chi connectivity index (χ4v) is 2.43. The van der Waals surface area contributed by atoms with Gasteiger partial charge in [0.1, 0.15) is 0 Å². The zero-order valence-corrected chi connectivity index (χ0v) is 11.3. The van der Waals surface area contributed by atoms with Crippen molar-refractivity contribution in [3.05, 3.63) is 33.5 Å². The van der Waals surface area contributed by atoms with Crippen molar-refractivity contribution in [1.82, 2.24) is 20.1 Å². The van der Waals surface area contributed by atoms with Gasteiger partial charge in [-0.15, -0.1) is 11.3 Å². The molecule has 0 saturated heterocycles. The number of hydrogen-bond donors (Lipinski definition) is 1. The lowest BCUT2D eigenvalue weighted by Crippen LogP contribution is -2.17. The Morgan fingerprint density at radius 2 is 2.24 bits per heavy atom. The second kappa shape index (κ2) is 5.42. The largest absolute Gasteiger partial charge is 0.312 e. The Morgan fingerprint density at radius 1 is 1.41 bits per heavy atom. The van der Waals surface area contributed by atoms with Gasteiger partial charge in [-0.1, -0.05) is 0 Å². The van der Waals surface area contributed by atoms with Crippen molar-refractivity contribution in [2.45, 2.75) is 26.8 Å². The Bertz CT molecular complexity index is 486. The van der Waals surface area contributed by atoms with Gasteiger partial charge in [0, 0.05) is 48.9 Å². The number of aryl methyl sites for hydroxylation is 2. The van der Waals surface area contributed by atoms with Crippen LogP contribution in [0.25, 0.3) is 0 Å². The van der Waals surface area contributed by atoms with Gasteiger partial charge in [0.15, 0.2) is 0 Å². The fraction of sp³-hybridized carbons (Fsp3) is 0.500. The van der Waals surface area contributed by atoms with E-state index in [0.717, 1.165) is 25.2 Å². The molecule has 2 rings (SSSR count). The second-order valence-electron chi connectivity index (χ2n) is 4.19. The lowest BCUT2D eigenvalue weighted by Gasteiger charge is -2.03. The standard InChI is InChI=1S/C12H18N4S/c1-9-8-17-12(15-9)4-5-13-6-11-7-14-16(3)10(11)2/h7-8,13H,4-6H2,1-3H3. The highest BCUT2D eigenvalue weighted by Crippen LogP contribution is 2.09. The Morgan fingerprint density at radius 3 is 2.82 bits per heavy atom. The van der Waals surface area contributed by atoms with Gasteiger partial charge in [0.2, 0.25) is 0 Å². The van der Waals surface area contributed by atoms with E-state index in [1.165, 1.54) is 16.3 Å². The van der Waals surface area contributed by atoms with Gasteiger partial charge in [0.25, 0.3) is 0 Å². The van der Waals surface area contributed by atoms with E-state index in [0.29, 0.717) is 0 Å². The van der Waals surface area contributed by atoms with E-state index in [9.17, 15) is 0 Å². The molecule has 0 atom stereocenters. The molecule has 1 N–H and O–H groups in total. The highest BCUT2D eigenvalue weighted by Gasteiger charge is 2.03. The molecule has 2 aromatic rings. The Kier molecular flexibility index (Phi) is 3.91. The molecule has 17 heavy (non-hydrogen) atoms. The molecule has 0 aliphatic heterocycles. The third-order valence-corrected chi connectivity index (χ3v) is 3.86. The highest BCUT2D eigenvalue weighted by atomic mass is 32.1. The molecule has 0 spiro atoms. The number of thiazole rings is 1. The molecule has 5 heteroatoms. The lowest BCUT2D eigenvalue weighted by atomic mass is 10.2. The van der Waals surface area contributed by atoms with E-state index in [-0.39, 0.29) is 0 Å². The summed E-state index contributed by atoms with van der Waals surface area (Å²) in [6, 6.07) is 0. The summed E-state index contributed by atoms with van der Waals surface area (Å²) < 4.78 is 1.90. The molecule has 4 nitrogen and oxygen atoms in total. The number of nitrogens with zero attached hydrogens (tertiary/aromatic N) is 3. The van der Waals surface area contributed by atoms with Crippen LogP contribution in [-0.4, -0.2) is 21.3 Å². The first-order valence-electron chi connectivity index (χ1n) is 5.76. The molecular weight excluding hydrogens is 232 g/mol. The second-order valence-corrected chi connectivity index (χ2v) is 5.13. The van der Waals surface area contributed by atoms with Crippen LogP contribution in [-0.2, 0) is 20.0 Å². The van der Waals surface area contributed by atoms with Gasteiger partial charge >= 0.3 is 0 Å². The lowest BCUT2D eigenvalue weighted by molar-refractivity contribution is 0.678. The first-order chi connectivity index (χ1) is 8.16. The maximum atomic E-state index is 4.44. The van der Waals surface area contributed by atoms with Crippen molar-refractivity contribution in [3.8, 4) is 0 Å². The van der Waals surface area contributed by atoms with E-state index >= 15 is 0 Å². The maximum absolute atomic E-state index is 4.44. The minimum atomic E-state index is 0.879. The predicted molar refractivity (Wildman–Crippen MR) is 70.2 cm³/mol. The SMILES string of the molecule is Cc1csc(CCNCc2cnn(C)c2C)n1. The van der Waals surface area contributed by atoms with Crippen LogP contribution in [0.4, 0.5) is 0 Å². The van der Waals surface area contributed by atoms with Gasteiger partial charge < -0.3 is 5.32 Å². The molecule has 2 aromatic heterocycles. The van der Waals surface area contributed by atoms with E-state index in [1.807, 2.05) is 24.9 Å². The summed E-state index contributed by atoms with van der Waals surface area (Å²) in [5.74, 6) is 0. The van der Waals surface area contributed by atoms with Gasteiger partial charge in [-0.3, -0.25) is 4.68 Å². The zero-order valence-electron chi connectivity index (χ0n) is 10.5. The molecule has 2 heterocycles. The van der Waals surface area contributed by atoms with Crippen LogP contribution in [0.3, 0.4) is 0 Å². The predicted octanol–water partition coefficient (Wildman–Crippen LogP) is 1.83. The molecular formula is C12H18N4S. The monoisotopic (exact) mass is 250 g/mol. The maximum Gasteiger partial charge on any atom is 0.0940 e. The van der Waals surface area contributed by atoms with Gasteiger partial charge in [-0.25, -0.2) is 4.98 Å². The first kappa shape index (κ1) is 12.3. The summed E-state index contributed by atoms with van der Waals surface area (Å²) in [6.45, 7) is 5.96. The number of aromatic nitrogens is 3. The number of nitrogens with one attached hydrogen (secondary N) is 1. The molecule has 0 aromatic carbocycles. The molecule has 0 aliphatic rings. The van der Waals surface area contributed by atoms with E-state index in [4.69, 9.17) is 0 Å². The van der Waals surface area contributed by atoms with Gasteiger partial charge in [-0.05, 0) is 13.8 Å². The average Bonchev–Trinajstić information content (AvgIpc) is 2.84. The fourth-order valence-electron chi connectivity index (χ4n) is 1.65. The topological polar surface area (TPSA) is 42.7 Å². The molecule has 0 bridgehead atoms. The van der Waals surface area contributed by atoms with Crippen molar-refractivity contribution in [3.63, 3.8) is 0 Å². The van der Waals surface area contributed by atoms with Crippen molar-refractivity contribution >= 4 is 11.3 Å². The molecule has 92 valence electrons. The minimum absolute atomic E-state index is 0.879. The zero-order chi connectivity index (χ0) is 12.3. The van der Waals surface area contributed by atoms with Crippen LogP contribution in [0.2, 0.25) is 0 Å². The van der Waals surface area contributed by atoms with Crippen LogP contribution >= 0.6 is 11.3 Å². The van der Waals surface area contributed by atoms with Crippen LogP contribution < -0.4 is 5.32 Å². The molecule has 0 aliphatic carbocycles. The molecule has 0 unspecified atom stereocenters. The normalized spacial score (nSPS) is 11.0. The average molecular weight is 250 g/mol. The summed E-state index contributed by atoms with van der Waals surface area (Å²) in [7, 11) is 1.97. The van der Waals surface area contributed by atoms with Crippen molar-refractivity contribution in [2.24, 2.45) is 7.05 Å². The summed E-state index contributed by atoms with van der Waals surface area (Å²) in [4.78, 5) is 4.44. The third-order valence-electron chi connectivity index (χ3n) is 2.83. The first-order valence-corrected chi connectivity index (χ1v) is 6.64. The van der Waals surface area contributed by atoms with Crippen molar-refractivity contribution < 1.29 is 0 Å². The van der Waals surface area contributed by atoms with Crippen LogP contribution in [0, 0.1) is 13.8 Å². The summed E-state index contributed by atoms with van der Waals surface area (Å²) in [6.07, 6.45) is 2.92. The summed E-state index contributed by atoms with van der Waals surface area (Å²) in [5, 5.41) is 11.0. The summed E-state index contributed by atoms with van der Waals surface area (Å²) in [5.41, 5.74) is 3.61. The molecule has 0 saturated carbocycles. The molecule has 0 amide bonds. The highest BCUT2D eigenvalue weighted by molar-refractivity contribution is 7.09. The van der Waals surface area contributed by atoms with Gasteiger partial charge in [-0.2, -0.15) is 5.10 Å². The Hall–Kier alpha value is -1.20. The van der Waals surface area contributed by atoms with E-state index in [2.05, 4.69) is 27.7 Å². The third kappa shape index (κ3) is 3.14. The molecule has 0 radical (unpaired) electrons. The van der Waals surface area contributed by atoms with Crippen LogP contribution in [0.1, 0.15) is 22.0 Å².